The third-order valence-electron chi connectivity index (χ3n) is 2.54. The van der Waals surface area contributed by atoms with Crippen LogP contribution in [-0.4, -0.2) is 64.4 Å². The van der Waals surface area contributed by atoms with Crippen molar-refractivity contribution < 1.29 is 17.9 Å². The molecule has 0 aliphatic heterocycles. The standard InChI is InChI=1S/C10H23N3O4S.ClH/c1-4-17-5-6-18(15,16)12-8-10(14)13(3)9(2)7-11;/h9,12H,4-8,11H2,1-3H3;1H. The van der Waals surface area contributed by atoms with E-state index in [1.807, 2.05) is 0 Å². The fraction of sp³-hybridized carbons (Fsp3) is 0.900. The van der Waals surface area contributed by atoms with Crippen LogP contribution in [0.15, 0.2) is 0 Å². The number of hydrogen-bond donors (Lipinski definition) is 2. The van der Waals surface area contributed by atoms with E-state index in [9.17, 15) is 13.2 Å². The summed E-state index contributed by atoms with van der Waals surface area (Å²) in [6.45, 7) is 4.24. The van der Waals surface area contributed by atoms with E-state index in [0.29, 0.717) is 13.2 Å². The summed E-state index contributed by atoms with van der Waals surface area (Å²) >= 11 is 0. The van der Waals surface area contributed by atoms with E-state index in [4.69, 9.17) is 10.5 Å². The van der Waals surface area contributed by atoms with Crippen LogP contribution in [0.4, 0.5) is 0 Å². The van der Waals surface area contributed by atoms with Gasteiger partial charge in [0, 0.05) is 26.2 Å². The van der Waals surface area contributed by atoms with Crippen LogP contribution >= 0.6 is 12.4 Å². The molecule has 0 rings (SSSR count). The first-order chi connectivity index (χ1) is 8.34. The number of carbonyl (C=O) groups excluding carboxylic acids is 1. The molecule has 3 N–H and O–H groups in total. The summed E-state index contributed by atoms with van der Waals surface area (Å²) in [5.41, 5.74) is 5.42. The minimum absolute atomic E-state index is 0. The second kappa shape index (κ2) is 10.4. The van der Waals surface area contributed by atoms with Crippen molar-refractivity contribution >= 4 is 28.3 Å². The first-order valence-electron chi connectivity index (χ1n) is 5.84. The predicted molar refractivity (Wildman–Crippen MR) is 76.8 cm³/mol. The lowest BCUT2D eigenvalue weighted by Gasteiger charge is -2.23. The zero-order chi connectivity index (χ0) is 14.2. The van der Waals surface area contributed by atoms with Crippen LogP contribution in [0.5, 0.6) is 0 Å². The molecule has 0 aromatic rings. The minimum Gasteiger partial charge on any atom is -0.381 e. The molecule has 0 aliphatic carbocycles. The fourth-order valence-corrected chi connectivity index (χ4v) is 1.91. The molecule has 0 radical (unpaired) electrons. The average molecular weight is 318 g/mol. The molecule has 9 heteroatoms. The van der Waals surface area contributed by atoms with Crippen molar-refractivity contribution in [2.75, 3.05) is 39.1 Å². The summed E-state index contributed by atoms with van der Waals surface area (Å²) in [7, 11) is -1.88. The van der Waals surface area contributed by atoms with Gasteiger partial charge in [0.15, 0.2) is 0 Å². The van der Waals surface area contributed by atoms with Crippen LogP contribution in [0.1, 0.15) is 13.8 Å². The average Bonchev–Trinajstić information content (AvgIpc) is 2.34. The molecule has 116 valence electrons. The number of sulfonamides is 1. The molecule has 1 amide bonds. The van der Waals surface area contributed by atoms with Crippen LogP contribution in [0.2, 0.25) is 0 Å². The smallest absolute Gasteiger partial charge is 0.237 e. The normalized spacial score (nSPS) is 12.6. The number of likely N-dealkylation sites (N-methyl/N-ethyl adjacent to an activating group) is 1. The molecule has 0 saturated carbocycles. The van der Waals surface area contributed by atoms with E-state index in [2.05, 4.69) is 4.72 Å². The number of halogens is 1. The molecule has 0 heterocycles. The monoisotopic (exact) mass is 317 g/mol. The van der Waals surface area contributed by atoms with Gasteiger partial charge in [-0.1, -0.05) is 0 Å². The quantitative estimate of drug-likeness (QED) is 0.540. The lowest BCUT2D eigenvalue weighted by Crippen LogP contribution is -2.45. The van der Waals surface area contributed by atoms with Gasteiger partial charge in [0.1, 0.15) is 0 Å². The highest BCUT2D eigenvalue weighted by Gasteiger charge is 2.17. The van der Waals surface area contributed by atoms with Gasteiger partial charge in [-0.2, -0.15) is 0 Å². The third kappa shape index (κ3) is 9.17. The Balaban J connectivity index is 0. The summed E-state index contributed by atoms with van der Waals surface area (Å²) in [5, 5.41) is 0. The van der Waals surface area contributed by atoms with Crippen molar-refractivity contribution in [3.63, 3.8) is 0 Å². The second-order valence-corrected chi connectivity index (χ2v) is 5.85. The minimum atomic E-state index is -3.47. The Hall–Kier alpha value is -0.410. The third-order valence-corrected chi connectivity index (χ3v) is 3.83. The maximum absolute atomic E-state index is 11.6. The number of rotatable bonds is 9. The first-order valence-corrected chi connectivity index (χ1v) is 7.50. The fourth-order valence-electron chi connectivity index (χ4n) is 1.09. The van der Waals surface area contributed by atoms with Gasteiger partial charge in [-0.05, 0) is 13.8 Å². The van der Waals surface area contributed by atoms with Crippen LogP contribution in [0.3, 0.4) is 0 Å². The van der Waals surface area contributed by atoms with Crippen molar-refractivity contribution in [2.45, 2.75) is 19.9 Å². The SMILES string of the molecule is CCOCCS(=O)(=O)NCC(=O)N(C)C(C)CN.Cl. The Bertz CT molecular complexity index is 351. The molecule has 0 aromatic carbocycles. The van der Waals surface area contributed by atoms with Gasteiger partial charge in [0.2, 0.25) is 15.9 Å². The van der Waals surface area contributed by atoms with E-state index in [0.717, 1.165) is 0 Å². The molecular formula is C10H24ClN3O4S. The Labute approximate surface area is 121 Å². The number of hydrogen-bond acceptors (Lipinski definition) is 5. The molecule has 0 spiro atoms. The van der Waals surface area contributed by atoms with Crippen molar-refractivity contribution in [3.05, 3.63) is 0 Å². The van der Waals surface area contributed by atoms with Gasteiger partial charge in [0.25, 0.3) is 0 Å². The molecule has 1 atom stereocenters. The van der Waals surface area contributed by atoms with Crippen molar-refractivity contribution in [1.82, 2.24) is 9.62 Å². The highest BCUT2D eigenvalue weighted by atomic mass is 35.5. The molecule has 0 aliphatic rings. The molecule has 1 unspecified atom stereocenters. The van der Waals surface area contributed by atoms with Crippen LogP contribution in [0.25, 0.3) is 0 Å². The van der Waals surface area contributed by atoms with Crippen LogP contribution in [0, 0.1) is 0 Å². The molecule has 0 fully saturated rings. The Morgan fingerprint density at radius 3 is 2.53 bits per heavy atom. The van der Waals surface area contributed by atoms with Gasteiger partial charge in [0.05, 0.1) is 18.9 Å². The largest absolute Gasteiger partial charge is 0.381 e. The summed E-state index contributed by atoms with van der Waals surface area (Å²) in [5.74, 6) is -0.461. The Kier molecular flexibility index (Phi) is 11.4. The van der Waals surface area contributed by atoms with Crippen molar-refractivity contribution in [2.24, 2.45) is 5.73 Å². The summed E-state index contributed by atoms with van der Waals surface area (Å²) in [6.07, 6.45) is 0. The first kappa shape index (κ1) is 20.9. The summed E-state index contributed by atoms with van der Waals surface area (Å²) < 4.78 is 30.2. The number of carbonyl (C=O) groups is 1. The lowest BCUT2D eigenvalue weighted by atomic mass is 10.3. The highest BCUT2D eigenvalue weighted by Crippen LogP contribution is 1.94. The van der Waals surface area contributed by atoms with E-state index < -0.39 is 10.0 Å². The summed E-state index contributed by atoms with van der Waals surface area (Å²) in [6, 6.07) is -0.120. The Morgan fingerprint density at radius 2 is 2.05 bits per heavy atom. The van der Waals surface area contributed by atoms with E-state index in [1.54, 1.807) is 20.9 Å². The topological polar surface area (TPSA) is 102 Å². The van der Waals surface area contributed by atoms with Gasteiger partial charge in [-0.15, -0.1) is 12.4 Å². The lowest BCUT2D eigenvalue weighted by molar-refractivity contribution is -0.130. The highest BCUT2D eigenvalue weighted by molar-refractivity contribution is 7.89. The van der Waals surface area contributed by atoms with E-state index >= 15 is 0 Å². The van der Waals surface area contributed by atoms with Gasteiger partial charge >= 0.3 is 0 Å². The molecule has 0 aromatic heterocycles. The second-order valence-electron chi connectivity index (χ2n) is 3.93. The molecule has 19 heavy (non-hydrogen) atoms. The number of nitrogens with one attached hydrogen (secondary N) is 1. The maximum atomic E-state index is 11.6. The molecule has 0 saturated heterocycles. The predicted octanol–water partition coefficient (Wildman–Crippen LogP) is -0.830. The zero-order valence-electron chi connectivity index (χ0n) is 11.6. The van der Waals surface area contributed by atoms with E-state index in [-0.39, 0.29) is 43.3 Å². The van der Waals surface area contributed by atoms with Crippen LogP contribution < -0.4 is 10.5 Å². The Morgan fingerprint density at radius 1 is 1.47 bits per heavy atom. The number of ether oxygens (including phenoxy) is 1. The molecular weight excluding hydrogens is 294 g/mol. The van der Waals surface area contributed by atoms with Gasteiger partial charge in [-0.3, -0.25) is 4.79 Å². The summed E-state index contributed by atoms with van der Waals surface area (Å²) in [4.78, 5) is 13.1. The van der Waals surface area contributed by atoms with Crippen LogP contribution in [-0.2, 0) is 19.6 Å². The molecule has 0 bridgehead atoms. The van der Waals surface area contributed by atoms with Crippen molar-refractivity contribution in [1.29, 1.82) is 0 Å². The number of nitrogens with two attached hydrogens (primary N) is 1. The van der Waals surface area contributed by atoms with Gasteiger partial charge < -0.3 is 15.4 Å². The number of amides is 1. The number of nitrogens with zero attached hydrogens (tertiary/aromatic N) is 1. The van der Waals surface area contributed by atoms with Crippen molar-refractivity contribution in [3.8, 4) is 0 Å². The maximum Gasteiger partial charge on any atom is 0.237 e. The van der Waals surface area contributed by atoms with Gasteiger partial charge in [-0.25, -0.2) is 13.1 Å². The van der Waals surface area contributed by atoms with E-state index in [1.165, 1.54) is 4.90 Å². The molecule has 7 nitrogen and oxygen atoms in total. The zero-order valence-corrected chi connectivity index (χ0v) is 13.2.